The van der Waals surface area contributed by atoms with E-state index in [1.165, 1.54) is 17.0 Å². The average molecular weight is 307 g/mol. The van der Waals surface area contributed by atoms with E-state index in [-0.39, 0.29) is 17.1 Å². The topological polar surface area (TPSA) is 87.1 Å². The Bertz CT molecular complexity index is 591. The Morgan fingerprint density at radius 2 is 1.95 bits per heavy atom. The monoisotopic (exact) mass is 307 g/mol. The van der Waals surface area contributed by atoms with Gasteiger partial charge in [-0.1, -0.05) is 0 Å². The van der Waals surface area contributed by atoms with Crippen molar-refractivity contribution in [2.24, 2.45) is 0 Å². The smallest absolute Gasteiger partial charge is 0.329 e. The lowest BCUT2D eigenvalue weighted by atomic mass is 10.1. The number of phenolic OH excluding ortho intramolecular Hbond substituents is 2. The molecule has 2 rings (SSSR count). The van der Waals surface area contributed by atoms with Crippen molar-refractivity contribution in [3.8, 4) is 11.5 Å². The van der Waals surface area contributed by atoms with Gasteiger partial charge in [0, 0.05) is 12.6 Å². The second kappa shape index (κ2) is 5.87. The van der Waals surface area contributed by atoms with Gasteiger partial charge in [0.15, 0.2) is 0 Å². The van der Waals surface area contributed by atoms with E-state index in [0.717, 1.165) is 6.07 Å². The molecule has 1 atom stereocenters. The minimum absolute atomic E-state index is 0.0632. The van der Waals surface area contributed by atoms with Crippen LogP contribution in [-0.4, -0.2) is 45.2 Å². The van der Waals surface area contributed by atoms with E-state index in [0.29, 0.717) is 19.4 Å². The largest absolute Gasteiger partial charge is 0.508 e. The Morgan fingerprint density at radius 1 is 1.27 bits per heavy atom. The van der Waals surface area contributed by atoms with Crippen molar-refractivity contribution in [1.82, 2.24) is 4.90 Å². The summed E-state index contributed by atoms with van der Waals surface area (Å²) in [7, 11) is 0. The summed E-state index contributed by atoms with van der Waals surface area (Å²) >= 11 is 0. The molecule has 6 nitrogen and oxygen atoms in total. The highest BCUT2D eigenvalue weighted by atomic mass is 16.6. The summed E-state index contributed by atoms with van der Waals surface area (Å²) in [6.45, 7) is 5.76. The van der Waals surface area contributed by atoms with Crippen LogP contribution in [0.1, 0.15) is 44.0 Å². The van der Waals surface area contributed by atoms with Crippen molar-refractivity contribution >= 4 is 11.9 Å². The number of rotatable bonds is 2. The standard InChI is InChI=1S/C16H21NO5/c1-16(2,3)22-15(21)12-5-4-8-17(12)14(20)11-7-6-10(18)9-13(11)19/h6-7,9,12,18-19H,4-5,8H2,1-3H3/t12-/m1/s1. The van der Waals surface area contributed by atoms with Crippen LogP contribution in [0.15, 0.2) is 18.2 Å². The molecule has 0 saturated carbocycles. The lowest BCUT2D eigenvalue weighted by Gasteiger charge is -2.27. The highest BCUT2D eigenvalue weighted by molar-refractivity contribution is 5.99. The van der Waals surface area contributed by atoms with Gasteiger partial charge in [-0.05, 0) is 45.7 Å². The normalized spacial score (nSPS) is 18.3. The number of ether oxygens (including phenoxy) is 1. The number of carbonyl (C=O) groups excluding carboxylic acids is 2. The van der Waals surface area contributed by atoms with E-state index < -0.39 is 23.5 Å². The number of benzene rings is 1. The summed E-state index contributed by atoms with van der Waals surface area (Å²) < 4.78 is 5.35. The molecule has 22 heavy (non-hydrogen) atoms. The van der Waals surface area contributed by atoms with Crippen molar-refractivity contribution in [2.75, 3.05) is 6.54 Å². The molecule has 6 heteroatoms. The van der Waals surface area contributed by atoms with Crippen LogP contribution in [0.2, 0.25) is 0 Å². The maximum Gasteiger partial charge on any atom is 0.329 e. The molecule has 1 aromatic rings. The number of phenols is 2. The highest BCUT2D eigenvalue weighted by Crippen LogP contribution is 2.28. The van der Waals surface area contributed by atoms with E-state index in [1.54, 1.807) is 20.8 Å². The summed E-state index contributed by atoms with van der Waals surface area (Å²) in [6, 6.07) is 3.13. The minimum Gasteiger partial charge on any atom is -0.508 e. The third-order valence-corrected chi connectivity index (χ3v) is 3.40. The van der Waals surface area contributed by atoms with Crippen LogP contribution in [0.5, 0.6) is 11.5 Å². The molecule has 0 bridgehead atoms. The molecular formula is C16H21NO5. The summed E-state index contributed by atoms with van der Waals surface area (Å²) in [6.07, 6.45) is 1.24. The number of amides is 1. The third-order valence-electron chi connectivity index (χ3n) is 3.40. The Hall–Kier alpha value is -2.24. The third kappa shape index (κ3) is 3.50. The predicted octanol–water partition coefficient (Wildman–Crippen LogP) is 2.04. The van der Waals surface area contributed by atoms with Gasteiger partial charge in [-0.3, -0.25) is 4.79 Å². The lowest BCUT2D eigenvalue weighted by Crippen LogP contribution is -2.43. The molecule has 0 spiro atoms. The van der Waals surface area contributed by atoms with E-state index in [1.807, 2.05) is 0 Å². The summed E-state index contributed by atoms with van der Waals surface area (Å²) in [4.78, 5) is 26.2. The molecule has 1 heterocycles. The maximum absolute atomic E-state index is 12.5. The summed E-state index contributed by atoms with van der Waals surface area (Å²) in [5.41, 5.74) is -0.553. The minimum atomic E-state index is -0.639. The van der Waals surface area contributed by atoms with Crippen LogP contribution in [-0.2, 0) is 9.53 Å². The fourth-order valence-corrected chi connectivity index (χ4v) is 2.48. The first kappa shape index (κ1) is 16.1. The van der Waals surface area contributed by atoms with Crippen molar-refractivity contribution < 1.29 is 24.5 Å². The summed E-state index contributed by atoms with van der Waals surface area (Å²) in [5, 5.41) is 19.1. The molecule has 120 valence electrons. The van der Waals surface area contributed by atoms with E-state index in [9.17, 15) is 19.8 Å². The van der Waals surface area contributed by atoms with Crippen LogP contribution >= 0.6 is 0 Å². The molecule has 1 fully saturated rings. The van der Waals surface area contributed by atoms with Gasteiger partial charge < -0.3 is 19.8 Å². The van der Waals surface area contributed by atoms with Gasteiger partial charge in [0.1, 0.15) is 23.1 Å². The van der Waals surface area contributed by atoms with Crippen molar-refractivity contribution in [2.45, 2.75) is 45.3 Å². The summed E-state index contributed by atoms with van der Waals surface area (Å²) in [5.74, 6) is -1.30. The first-order chi connectivity index (χ1) is 10.2. The molecule has 0 aliphatic carbocycles. The number of nitrogens with zero attached hydrogens (tertiary/aromatic N) is 1. The number of hydrogen-bond donors (Lipinski definition) is 2. The molecule has 2 N–H and O–H groups in total. The molecule has 1 aromatic carbocycles. The fraction of sp³-hybridized carbons (Fsp3) is 0.500. The fourth-order valence-electron chi connectivity index (χ4n) is 2.48. The predicted molar refractivity (Wildman–Crippen MR) is 79.7 cm³/mol. The number of hydrogen-bond acceptors (Lipinski definition) is 5. The molecule has 0 aromatic heterocycles. The van der Waals surface area contributed by atoms with Gasteiger partial charge in [-0.2, -0.15) is 0 Å². The van der Waals surface area contributed by atoms with E-state index in [2.05, 4.69) is 0 Å². The Morgan fingerprint density at radius 3 is 2.55 bits per heavy atom. The number of esters is 1. The number of likely N-dealkylation sites (tertiary alicyclic amines) is 1. The molecule has 1 aliphatic rings. The first-order valence-corrected chi connectivity index (χ1v) is 7.25. The van der Waals surface area contributed by atoms with E-state index >= 15 is 0 Å². The zero-order chi connectivity index (χ0) is 16.5. The van der Waals surface area contributed by atoms with Crippen molar-refractivity contribution in [3.05, 3.63) is 23.8 Å². The molecule has 1 aliphatic heterocycles. The van der Waals surface area contributed by atoms with Crippen LogP contribution < -0.4 is 0 Å². The second-order valence-corrected chi connectivity index (χ2v) is 6.39. The molecular weight excluding hydrogens is 286 g/mol. The highest BCUT2D eigenvalue weighted by Gasteiger charge is 2.37. The van der Waals surface area contributed by atoms with Gasteiger partial charge >= 0.3 is 5.97 Å². The van der Waals surface area contributed by atoms with Gasteiger partial charge in [0.2, 0.25) is 0 Å². The Labute approximate surface area is 129 Å². The number of carbonyl (C=O) groups is 2. The molecule has 1 saturated heterocycles. The second-order valence-electron chi connectivity index (χ2n) is 6.39. The van der Waals surface area contributed by atoms with Gasteiger partial charge in [-0.15, -0.1) is 0 Å². The van der Waals surface area contributed by atoms with Crippen LogP contribution in [0.4, 0.5) is 0 Å². The average Bonchev–Trinajstić information content (AvgIpc) is 2.85. The Kier molecular flexibility index (Phi) is 4.30. The Balaban J connectivity index is 2.19. The SMILES string of the molecule is CC(C)(C)OC(=O)[C@H]1CCCN1C(=O)c1ccc(O)cc1O. The van der Waals surface area contributed by atoms with Gasteiger partial charge in [0.25, 0.3) is 5.91 Å². The van der Waals surface area contributed by atoms with Crippen LogP contribution in [0.25, 0.3) is 0 Å². The van der Waals surface area contributed by atoms with Crippen LogP contribution in [0.3, 0.4) is 0 Å². The molecule has 0 radical (unpaired) electrons. The molecule has 1 amide bonds. The quantitative estimate of drug-likeness (QED) is 0.817. The van der Waals surface area contributed by atoms with Crippen LogP contribution in [0, 0.1) is 0 Å². The molecule has 0 unspecified atom stereocenters. The zero-order valence-corrected chi connectivity index (χ0v) is 13.0. The van der Waals surface area contributed by atoms with Gasteiger partial charge in [0.05, 0.1) is 5.56 Å². The zero-order valence-electron chi connectivity index (χ0n) is 13.0. The van der Waals surface area contributed by atoms with Gasteiger partial charge in [-0.25, -0.2) is 4.79 Å². The van der Waals surface area contributed by atoms with Crippen molar-refractivity contribution in [3.63, 3.8) is 0 Å². The van der Waals surface area contributed by atoms with Crippen molar-refractivity contribution in [1.29, 1.82) is 0 Å². The first-order valence-electron chi connectivity index (χ1n) is 7.25. The number of aromatic hydroxyl groups is 2. The maximum atomic E-state index is 12.5. The lowest BCUT2D eigenvalue weighted by molar-refractivity contribution is -0.159. The van der Waals surface area contributed by atoms with E-state index in [4.69, 9.17) is 4.74 Å².